The third-order valence-electron chi connectivity index (χ3n) is 5.67. The van der Waals surface area contributed by atoms with Crippen LogP contribution in [0, 0.1) is 17.2 Å². The average Bonchev–Trinajstić information content (AvgIpc) is 3.03. The van der Waals surface area contributed by atoms with E-state index in [1.165, 1.54) is 18.4 Å². The molecule has 0 radical (unpaired) electrons. The molecular weight excluding hydrogens is 336 g/mol. The Morgan fingerprint density at radius 2 is 1.89 bits per heavy atom. The SMILES string of the molecule is COC(=O)[C@@H]1C[C@H](C)c2c(c3ccccc3n2Cc2ccccc2)[C@@H]1C#N. The number of nitriles is 1. The lowest BCUT2D eigenvalue weighted by atomic mass is 9.73. The number of aromatic nitrogens is 1. The first kappa shape index (κ1) is 17.4. The molecule has 3 atom stereocenters. The monoisotopic (exact) mass is 358 g/mol. The minimum Gasteiger partial charge on any atom is -0.469 e. The van der Waals surface area contributed by atoms with Gasteiger partial charge < -0.3 is 9.30 Å². The molecule has 0 unspecified atom stereocenters. The Hall–Kier alpha value is -3.06. The van der Waals surface area contributed by atoms with E-state index in [0.717, 1.165) is 23.0 Å². The molecule has 27 heavy (non-hydrogen) atoms. The van der Waals surface area contributed by atoms with Crippen molar-refractivity contribution in [3.8, 4) is 6.07 Å². The summed E-state index contributed by atoms with van der Waals surface area (Å²) in [7, 11) is 1.40. The van der Waals surface area contributed by atoms with Gasteiger partial charge in [0.2, 0.25) is 0 Å². The second kappa shape index (κ2) is 6.92. The number of methoxy groups -OCH3 is 1. The number of benzene rings is 2. The van der Waals surface area contributed by atoms with Crippen molar-refractivity contribution in [3.05, 3.63) is 71.4 Å². The highest BCUT2D eigenvalue weighted by molar-refractivity contribution is 5.89. The van der Waals surface area contributed by atoms with Crippen LogP contribution in [0.15, 0.2) is 54.6 Å². The molecule has 3 aromatic rings. The van der Waals surface area contributed by atoms with Crippen molar-refractivity contribution in [1.82, 2.24) is 4.57 Å². The van der Waals surface area contributed by atoms with Crippen molar-refractivity contribution in [2.24, 2.45) is 5.92 Å². The number of nitrogens with zero attached hydrogens (tertiary/aromatic N) is 2. The summed E-state index contributed by atoms with van der Waals surface area (Å²) in [6.07, 6.45) is 0.628. The normalized spacial score (nSPS) is 21.4. The third kappa shape index (κ3) is 2.80. The van der Waals surface area contributed by atoms with Crippen LogP contribution in [0.5, 0.6) is 0 Å². The number of fused-ring (bicyclic) bond motifs is 3. The van der Waals surface area contributed by atoms with Crippen LogP contribution in [-0.2, 0) is 16.1 Å². The highest BCUT2D eigenvalue weighted by Crippen LogP contribution is 2.47. The predicted octanol–water partition coefficient (Wildman–Crippen LogP) is 4.59. The number of carbonyl (C=O) groups is 1. The number of hydrogen-bond acceptors (Lipinski definition) is 3. The fourth-order valence-electron chi connectivity index (χ4n) is 4.51. The van der Waals surface area contributed by atoms with Crippen molar-refractivity contribution < 1.29 is 9.53 Å². The van der Waals surface area contributed by atoms with Gasteiger partial charge in [-0.2, -0.15) is 5.26 Å². The van der Waals surface area contributed by atoms with Gasteiger partial charge in [0.05, 0.1) is 25.0 Å². The summed E-state index contributed by atoms with van der Waals surface area (Å²) in [6.45, 7) is 2.89. The van der Waals surface area contributed by atoms with E-state index in [9.17, 15) is 10.1 Å². The van der Waals surface area contributed by atoms with Crippen LogP contribution in [0.3, 0.4) is 0 Å². The topological polar surface area (TPSA) is 55.0 Å². The van der Waals surface area contributed by atoms with E-state index in [0.29, 0.717) is 6.42 Å². The predicted molar refractivity (Wildman–Crippen MR) is 104 cm³/mol. The zero-order valence-corrected chi connectivity index (χ0v) is 15.6. The van der Waals surface area contributed by atoms with E-state index < -0.39 is 11.8 Å². The molecule has 0 fully saturated rings. The Bertz CT molecular complexity index is 1030. The van der Waals surface area contributed by atoms with Gasteiger partial charge in [-0.1, -0.05) is 55.5 Å². The quantitative estimate of drug-likeness (QED) is 0.643. The van der Waals surface area contributed by atoms with Crippen LogP contribution in [0.2, 0.25) is 0 Å². The van der Waals surface area contributed by atoms with Crippen LogP contribution in [0.4, 0.5) is 0 Å². The number of carbonyl (C=O) groups excluding carboxylic acids is 1. The number of para-hydroxylation sites is 1. The molecule has 1 aliphatic rings. The van der Waals surface area contributed by atoms with Crippen LogP contribution in [0.1, 0.15) is 42.0 Å². The number of esters is 1. The standard InChI is InChI=1S/C23H22N2O2/c1-15-12-18(23(26)27-2)19(13-24)21-17-10-6-7-11-20(17)25(22(15)21)14-16-8-4-3-5-9-16/h3-11,15,18-19H,12,14H2,1-2H3/t15-,18+,19+/m0/s1. The largest absolute Gasteiger partial charge is 0.469 e. The molecule has 1 aromatic heterocycles. The van der Waals surface area contributed by atoms with Crippen molar-refractivity contribution in [2.45, 2.75) is 31.7 Å². The van der Waals surface area contributed by atoms with E-state index in [1.54, 1.807) is 0 Å². The van der Waals surface area contributed by atoms with Gasteiger partial charge >= 0.3 is 5.97 Å². The lowest BCUT2D eigenvalue weighted by molar-refractivity contribution is -0.146. The summed E-state index contributed by atoms with van der Waals surface area (Å²) in [5, 5.41) is 11.0. The van der Waals surface area contributed by atoms with Gasteiger partial charge in [-0.25, -0.2) is 0 Å². The summed E-state index contributed by atoms with van der Waals surface area (Å²) in [4.78, 5) is 12.3. The molecule has 0 saturated carbocycles. The van der Waals surface area contributed by atoms with Gasteiger partial charge in [0.1, 0.15) is 0 Å². The molecule has 1 heterocycles. The Balaban J connectivity index is 1.94. The van der Waals surface area contributed by atoms with Gasteiger partial charge in [-0.3, -0.25) is 4.79 Å². The van der Waals surface area contributed by atoms with Gasteiger partial charge in [0, 0.05) is 23.1 Å². The first-order chi connectivity index (χ1) is 13.2. The minimum atomic E-state index is -0.481. The first-order valence-corrected chi connectivity index (χ1v) is 9.28. The fourth-order valence-corrected chi connectivity index (χ4v) is 4.51. The molecule has 0 amide bonds. The van der Waals surface area contributed by atoms with Crippen LogP contribution < -0.4 is 0 Å². The minimum absolute atomic E-state index is 0.171. The third-order valence-corrected chi connectivity index (χ3v) is 5.67. The highest BCUT2D eigenvalue weighted by Gasteiger charge is 2.41. The maximum absolute atomic E-state index is 12.3. The molecule has 4 heteroatoms. The van der Waals surface area contributed by atoms with E-state index in [4.69, 9.17) is 4.74 Å². The Kier molecular flexibility index (Phi) is 4.45. The maximum Gasteiger partial charge on any atom is 0.310 e. The van der Waals surface area contributed by atoms with E-state index in [-0.39, 0.29) is 11.9 Å². The summed E-state index contributed by atoms with van der Waals surface area (Å²) in [6, 6.07) is 20.9. The number of hydrogen-bond donors (Lipinski definition) is 0. The second-order valence-corrected chi connectivity index (χ2v) is 7.26. The van der Waals surface area contributed by atoms with Crippen molar-refractivity contribution in [1.29, 1.82) is 5.26 Å². The van der Waals surface area contributed by atoms with Gasteiger partial charge in [-0.15, -0.1) is 0 Å². The molecular formula is C23H22N2O2. The zero-order valence-electron chi connectivity index (χ0n) is 15.6. The molecule has 0 bridgehead atoms. The molecule has 2 aromatic carbocycles. The molecule has 0 spiro atoms. The highest BCUT2D eigenvalue weighted by atomic mass is 16.5. The number of rotatable bonds is 3. The molecule has 0 saturated heterocycles. The summed E-state index contributed by atoms with van der Waals surface area (Å²) < 4.78 is 7.32. The van der Waals surface area contributed by atoms with Crippen molar-refractivity contribution in [2.75, 3.05) is 7.11 Å². The summed E-state index contributed by atoms with van der Waals surface area (Å²) in [5.74, 6) is -1.02. The summed E-state index contributed by atoms with van der Waals surface area (Å²) >= 11 is 0. The maximum atomic E-state index is 12.3. The van der Waals surface area contributed by atoms with E-state index in [1.807, 2.05) is 30.3 Å². The second-order valence-electron chi connectivity index (χ2n) is 7.26. The van der Waals surface area contributed by atoms with E-state index in [2.05, 4.69) is 41.8 Å². The molecule has 1 aliphatic carbocycles. The molecule has 0 aliphatic heterocycles. The van der Waals surface area contributed by atoms with Crippen LogP contribution >= 0.6 is 0 Å². The van der Waals surface area contributed by atoms with E-state index >= 15 is 0 Å². The van der Waals surface area contributed by atoms with Crippen molar-refractivity contribution in [3.63, 3.8) is 0 Å². The molecule has 4 rings (SSSR count). The lowest BCUT2D eigenvalue weighted by Crippen LogP contribution is -2.30. The smallest absolute Gasteiger partial charge is 0.310 e. The zero-order chi connectivity index (χ0) is 19.0. The van der Waals surface area contributed by atoms with Crippen LogP contribution in [-0.4, -0.2) is 17.6 Å². The summed E-state index contributed by atoms with van der Waals surface area (Å²) in [5.41, 5.74) is 4.51. The average molecular weight is 358 g/mol. The Morgan fingerprint density at radius 3 is 2.59 bits per heavy atom. The van der Waals surface area contributed by atoms with Crippen LogP contribution in [0.25, 0.3) is 10.9 Å². The number of ether oxygens (including phenoxy) is 1. The molecule has 4 nitrogen and oxygen atoms in total. The van der Waals surface area contributed by atoms with Gasteiger partial charge in [0.15, 0.2) is 0 Å². The Labute approximate surface area is 159 Å². The van der Waals surface area contributed by atoms with Gasteiger partial charge in [0.25, 0.3) is 0 Å². The molecule has 136 valence electrons. The Morgan fingerprint density at radius 1 is 1.19 bits per heavy atom. The lowest BCUT2D eigenvalue weighted by Gasteiger charge is -2.31. The van der Waals surface area contributed by atoms with Gasteiger partial charge in [-0.05, 0) is 29.5 Å². The first-order valence-electron chi connectivity index (χ1n) is 9.28. The molecule has 0 N–H and O–H groups in total. The van der Waals surface area contributed by atoms with Crippen molar-refractivity contribution >= 4 is 16.9 Å². The fraction of sp³-hybridized carbons (Fsp3) is 0.304.